The van der Waals surface area contributed by atoms with E-state index < -0.39 is 5.97 Å². The second kappa shape index (κ2) is 4.77. The van der Waals surface area contributed by atoms with Crippen molar-refractivity contribution in [3.63, 3.8) is 0 Å². The number of benzene rings is 1. The summed E-state index contributed by atoms with van der Waals surface area (Å²) in [6.45, 7) is 0. The normalized spacial score (nSPS) is 15.7. The van der Waals surface area contributed by atoms with Gasteiger partial charge in [-0.1, -0.05) is 0 Å². The van der Waals surface area contributed by atoms with Crippen LogP contribution in [0.3, 0.4) is 0 Å². The van der Waals surface area contributed by atoms with Gasteiger partial charge in [-0.05, 0) is 30.2 Å². The van der Waals surface area contributed by atoms with Crippen molar-refractivity contribution in [3.8, 4) is 11.5 Å². The molecule has 0 saturated heterocycles. The average molecular weight is 272 g/mol. The molecule has 0 aromatic heterocycles. The first-order valence-corrected chi connectivity index (χ1v) is 6.14. The number of phenols is 1. The highest BCUT2D eigenvalue weighted by atomic mass is 16.5. The van der Waals surface area contributed by atoms with Crippen molar-refractivity contribution in [2.75, 3.05) is 0 Å². The topological polar surface area (TPSA) is 76.0 Å². The van der Waals surface area contributed by atoms with E-state index in [-0.39, 0.29) is 12.2 Å². The number of aliphatic carboxylic acids is 1. The molecule has 2 aliphatic rings. The Morgan fingerprint density at radius 1 is 1.30 bits per heavy atom. The number of phenolic OH excluding ortho intramolecular Hbond substituents is 1. The molecule has 5 heteroatoms. The molecule has 0 radical (unpaired) electrons. The largest absolute Gasteiger partial charge is 0.508 e. The predicted molar refractivity (Wildman–Crippen MR) is 70.8 cm³/mol. The summed E-state index contributed by atoms with van der Waals surface area (Å²) in [5.74, 6) is 0.259. The quantitative estimate of drug-likeness (QED) is 0.884. The zero-order valence-electron chi connectivity index (χ0n) is 10.5. The molecule has 0 saturated carbocycles. The number of hydrogen-bond donors (Lipinski definition) is 2. The maximum atomic E-state index is 10.8. The summed E-state index contributed by atoms with van der Waals surface area (Å²) in [5, 5.41) is 18.4. The van der Waals surface area contributed by atoms with Gasteiger partial charge < -0.3 is 19.7 Å². The van der Waals surface area contributed by atoms with Crippen LogP contribution in [0.4, 0.5) is 0 Å². The molecule has 0 aliphatic carbocycles. The van der Waals surface area contributed by atoms with Crippen LogP contribution in [0.1, 0.15) is 18.4 Å². The van der Waals surface area contributed by atoms with E-state index in [1.54, 1.807) is 18.2 Å². The second-order valence-corrected chi connectivity index (χ2v) is 4.49. The lowest BCUT2D eigenvalue weighted by atomic mass is 9.91. The van der Waals surface area contributed by atoms with Crippen LogP contribution in [0.15, 0.2) is 48.1 Å². The van der Waals surface area contributed by atoms with Crippen molar-refractivity contribution in [3.05, 3.63) is 53.7 Å². The summed E-state index contributed by atoms with van der Waals surface area (Å²) in [6, 6.07) is 4.79. The predicted octanol–water partition coefficient (Wildman–Crippen LogP) is 2.79. The highest BCUT2D eigenvalue weighted by molar-refractivity contribution is 5.83. The van der Waals surface area contributed by atoms with Crippen LogP contribution in [0.25, 0.3) is 5.57 Å². The first-order chi connectivity index (χ1) is 9.65. The van der Waals surface area contributed by atoms with Crippen LogP contribution in [-0.2, 0) is 9.53 Å². The molecule has 1 aromatic rings. The lowest BCUT2D eigenvalue weighted by molar-refractivity contribution is -0.136. The van der Waals surface area contributed by atoms with E-state index in [4.69, 9.17) is 14.6 Å². The molecule has 0 amide bonds. The van der Waals surface area contributed by atoms with Gasteiger partial charge in [0, 0.05) is 23.6 Å². The molecule has 2 aliphatic heterocycles. The minimum absolute atomic E-state index is 0.0289. The summed E-state index contributed by atoms with van der Waals surface area (Å²) < 4.78 is 10.8. The second-order valence-electron chi connectivity index (χ2n) is 4.49. The van der Waals surface area contributed by atoms with Gasteiger partial charge in [-0.25, -0.2) is 0 Å². The Morgan fingerprint density at radius 3 is 2.95 bits per heavy atom. The van der Waals surface area contributed by atoms with Crippen molar-refractivity contribution in [1.29, 1.82) is 0 Å². The van der Waals surface area contributed by atoms with E-state index in [0.29, 0.717) is 17.9 Å². The Bertz CT molecular complexity index is 667. The van der Waals surface area contributed by atoms with Crippen LogP contribution >= 0.6 is 0 Å². The number of ether oxygens (including phenoxy) is 2. The van der Waals surface area contributed by atoms with Crippen molar-refractivity contribution in [1.82, 2.24) is 0 Å². The van der Waals surface area contributed by atoms with Gasteiger partial charge in [0.2, 0.25) is 0 Å². The summed E-state index contributed by atoms with van der Waals surface area (Å²) in [7, 11) is 0. The van der Waals surface area contributed by atoms with Crippen molar-refractivity contribution < 1.29 is 24.5 Å². The van der Waals surface area contributed by atoms with Crippen LogP contribution < -0.4 is 4.74 Å². The number of allylic oxidation sites excluding steroid dienone is 2. The molecule has 2 N–H and O–H groups in total. The van der Waals surface area contributed by atoms with E-state index >= 15 is 0 Å². The SMILES string of the molecule is O=C(O)CCC1=C2C=COC=C2Oc2cc(O)ccc21. The fourth-order valence-corrected chi connectivity index (χ4v) is 2.29. The van der Waals surface area contributed by atoms with Gasteiger partial charge in [0.1, 0.15) is 17.8 Å². The van der Waals surface area contributed by atoms with Gasteiger partial charge in [-0.2, -0.15) is 0 Å². The maximum absolute atomic E-state index is 10.8. The number of carbonyl (C=O) groups is 1. The first-order valence-electron chi connectivity index (χ1n) is 6.14. The van der Waals surface area contributed by atoms with Crippen molar-refractivity contribution in [2.24, 2.45) is 0 Å². The summed E-state index contributed by atoms with van der Waals surface area (Å²) in [5.41, 5.74) is 2.48. The van der Waals surface area contributed by atoms with Crippen molar-refractivity contribution >= 4 is 11.5 Å². The van der Waals surface area contributed by atoms with E-state index in [1.165, 1.54) is 18.6 Å². The van der Waals surface area contributed by atoms with Gasteiger partial charge >= 0.3 is 5.97 Å². The van der Waals surface area contributed by atoms with E-state index in [0.717, 1.165) is 16.7 Å². The first kappa shape index (κ1) is 12.3. The summed E-state index contributed by atoms with van der Waals surface area (Å²) in [6.07, 6.45) is 5.15. The van der Waals surface area contributed by atoms with Gasteiger partial charge in [-0.3, -0.25) is 4.79 Å². The minimum Gasteiger partial charge on any atom is -0.508 e. The lowest BCUT2D eigenvalue weighted by Gasteiger charge is -2.25. The Kier molecular flexibility index (Phi) is 2.95. The number of aromatic hydroxyl groups is 1. The number of fused-ring (bicyclic) bond motifs is 2. The monoisotopic (exact) mass is 272 g/mol. The Labute approximate surface area is 115 Å². The lowest BCUT2D eigenvalue weighted by Crippen LogP contribution is -2.11. The highest BCUT2D eigenvalue weighted by Gasteiger charge is 2.25. The summed E-state index contributed by atoms with van der Waals surface area (Å²) in [4.78, 5) is 10.8. The Hall–Kier alpha value is -2.69. The van der Waals surface area contributed by atoms with E-state index in [9.17, 15) is 9.90 Å². The fraction of sp³-hybridized carbons (Fsp3) is 0.133. The number of carboxylic acid groups (broad SMARTS) is 1. The third-order valence-electron chi connectivity index (χ3n) is 3.18. The van der Waals surface area contributed by atoms with E-state index in [2.05, 4.69) is 0 Å². The molecule has 3 rings (SSSR count). The highest BCUT2D eigenvalue weighted by Crippen LogP contribution is 2.42. The molecule has 102 valence electrons. The van der Waals surface area contributed by atoms with Gasteiger partial charge in [-0.15, -0.1) is 0 Å². The third-order valence-corrected chi connectivity index (χ3v) is 3.18. The fourth-order valence-electron chi connectivity index (χ4n) is 2.29. The van der Waals surface area contributed by atoms with Gasteiger partial charge in [0.25, 0.3) is 0 Å². The molecular formula is C15H12O5. The van der Waals surface area contributed by atoms with Crippen molar-refractivity contribution in [2.45, 2.75) is 12.8 Å². The Balaban J connectivity index is 2.10. The zero-order chi connectivity index (χ0) is 14.1. The third kappa shape index (κ3) is 2.14. The van der Waals surface area contributed by atoms with Gasteiger partial charge in [0.05, 0.1) is 6.26 Å². The van der Waals surface area contributed by atoms with Crippen LogP contribution in [0.5, 0.6) is 11.5 Å². The molecule has 0 atom stereocenters. The number of rotatable bonds is 3. The molecular weight excluding hydrogens is 260 g/mol. The molecule has 0 spiro atoms. The average Bonchev–Trinajstić information content (AvgIpc) is 2.43. The zero-order valence-corrected chi connectivity index (χ0v) is 10.5. The molecule has 2 heterocycles. The van der Waals surface area contributed by atoms with Crippen LogP contribution in [0, 0.1) is 0 Å². The molecule has 5 nitrogen and oxygen atoms in total. The minimum atomic E-state index is -0.855. The maximum Gasteiger partial charge on any atom is 0.303 e. The number of carboxylic acids is 1. The standard InChI is InChI=1S/C15H12O5/c16-9-1-2-11-10(3-4-15(17)18)12-5-6-19-8-14(12)20-13(11)7-9/h1-2,5-8,16H,3-4H2,(H,17,18). The molecule has 0 fully saturated rings. The number of hydrogen-bond acceptors (Lipinski definition) is 4. The molecule has 1 aromatic carbocycles. The smallest absolute Gasteiger partial charge is 0.303 e. The molecule has 0 unspecified atom stereocenters. The van der Waals surface area contributed by atoms with Crippen LogP contribution in [0.2, 0.25) is 0 Å². The Morgan fingerprint density at radius 2 is 2.15 bits per heavy atom. The molecule has 0 bridgehead atoms. The van der Waals surface area contributed by atoms with Gasteiger partial charge in [0.15, 0.2) is 5.76 Å². The molecule has 20 heavy (non-hydrogen) atoms. The summed E-state index contributed by atoms with van der Waals surface area (Å²) >= 11 is 0. The van der Waals surface area contributed by atoms with E-state index in [1.807, 2.05) is 0 Å². The van der Waals surface area contributed by atoms with Crippen LogP contribution in [-0.4, -0.2) is 16.2 Å².